The van der Waals surface area contributed by atoms with Crippen LogP contribution in [0.4, 0.5) is 5.69 Å². The van der Waals surface area contributed by atoms with Crippen LogP contribution in [0, 0.1) is 17.0 Å². The Hall–Kier alpha value is -1.42. The van der Waals surface area contributed by atoms with Crippen LogP contribution < -0.4 is 5.73 Å². The van der Waals surface area contributed by atoms with Crippen molar-refractivity contribution in [1.29, 1.82) is 0 Å². The summed E-state index contributed by atoms with van der Waals surface area (Å²) in [5.74, 6) is 0. The average Bonchev–Trinajstić information content (AvgIpc) is 2.68. The van der Waals surface area contributed by atoms with Crippen LogP contribution in [0.2, 0.25) is 0 Å². The van der Waals surface area contributed by atoms with Gasteiger partial charge < -0.3 is 5.73 Å². The van der Waals surface area contributed by atoms with Crippen LogP contribution >= 0.6 is 0 Å². The van der Waals surface area contributed by atoms with Crippen molar-refractivity contribution in [1.82, 2.24) is 0 Å². The highest BCUT2D eigenvalue weighted by molar-refractivity contribution is 5.45. The van der Waals surface area contributed by atoms with Gasteiger partial charge in [-0.2, -0.15) is 0 Å². The molecule has 1 fully saturated rings. The quantitative estimate of drug-likeness (QED) is 0.645. The summed E-state index contributed by atoms with van der Waals surface area (Å²) in [6.45, 7) is 1.81. The standard InChI is InChI=1S/C13H18N2O2/c1-10-11(5-4-6-12(10)15(16)17)9-13(14)7-2-3-8-13/h4-6H,2-3,7-9,14H2,1H3. The minimum Gasteiger partial charge on any atom is -0.325 e. The molecular formula is C13H18N2O2. The average molecular weight is 234 g/mol. The van der Waals surface area contributed by atoms with E-state index >= 15 is 0 Å². The van der Waals surface area contributed by atoms with Crippen molar-refractivity contribution in [3.63, 3.8) is 0 Å². The van der Waals surface area contributed by atoms with Crippen molar-refractivity contribution >= 4 is 5.69 Å². The van der Waals surface area contributed by atoms with E-state index in [-0.39, 0.29) is 16.1 Å². The molecule has 0 bridgehead atoms. The molecule has 0 unspecified atom stereocenters. The van der Waals surface area contributed by atoms with Gasteiger partial charge in [-0.1, -0.05) is 25.0 Å². The zero-order chi connectivity index (χ0) is 12.5. The monoisotopic (exact) mass is 234 g/mol. The van der Waals surface area contributed by atoms with Crippen molar-refractivity contribution in [2.45, 2.75) is 44.6 Å². The molecule has 0 amide bonds. The molecule has 2 N–H and O–H groups in total. The lowest BCUT2D eigenvalue weighted by Gasteiger charge is -2.24. The summed E-state index contributed by atoms with van der Waals surface area (Å²) in [7, 11) is 0. The Morgan fingerprint density at radius 2 is 2.06 bits per heavy atom. The number of nitro groups is 1. The second-order valence-corrected chi connectivity index (χ2v) is 5.06. The van der Waals surface area contributed by atoms with Crippen molar-refractivity contribution in [3.05, 3.63) is 39.4 Å². The molecular weight excluding hydrogens is 216 g/mol. The summed E-state index contributed by atoms with van der Waals surface area (Å²) in [5, 5.41) is 10.9. The second-order valence-electron chi connectivity index (χ2n) is 5.06. The van der Waals surface area contributed by atoms with Crippen LogP contribution in [0.1, 0.15) is 36.8 Å². The third-order valence-corrected chi connectivity index (χ3v) is 3.76. The van der Waals surface area contributed by atoms with Crippen molar-refractivity contribution in [3.8, 4) is 0 Å². The van der Waals surface area contributed by atoms with E-state index in [0.29, 0.717) is 0 Å². The molecule has 0 aromatic heterocycles. The van der Waals surface area contributed by atoms with Gasteiger partial charge in [-0.05, 0) is 31.7 Å². The van der Waals surface area contributed by atoms with E-state index < -0.39 is 0 Å². The van der Waals surface area contributed by atoms with Gasteiger partial charge in [-0.25, -0.2) is 0 Å². The molecule has 4 heteroatoms. The van der Waals surface area contributed by atoms with Crippen LogP contribution in [-0.4, -0.2) is 10.5 Å². The maximum atomic E-state index is 10.9. The van der Waals surface area contributed by atoms with Crippen molar-refractivity contribution < 1.29 is 4.92 Å². The van der Waals surface area contributed by atoms with Crippen LogP contribution in [0.3, 0.4) is 0 Å². The molecule has 0 aliphatic heterocycles. The fraction of sp³-hybridized carbons (Fsp3) is 0.538. The number of benzene rings is 1. The zero-order valence-corrected chi connectivity index (χ0v) is 10.1. The van der Waals surface area contributed by atoms with E-state index in [4.69, 9.17) is 5.73 Å². The number of rotatable bonds is 3. The Balaban J connectivity index is 2.27. The molecule has 92 valence electrons. The molecule has 0 spiro atoms. The third kappa shape index (κ3) is 2.47. The molecule has 17 heavy (non-hydrogen) atoms. The molecule has 1 saturated carbocycles. The maximum Gasteiger partial charge on any atom is 0.272 e. The van der Waals surface area contributed by atoms with E-state index in [0.717, 1.165) is 30.4 Å². The predicted octanol–water partition coefficient (Wildman–Crippen LogP) is 2.72. The van der Waals surface area contributed by atoms with E-state index in [9.17, 15) is 10.1 Å². The molecule has 1 aliphatic carbocycles. The van der Waals surface area contributed by atoms with E-state index in [1.165, 1.54) is 12.8 Å². The summed E-state index contributed by atoms with van der Waals surface area (Å²) >= 11 is 0. The van der Waals surface area contributed by atoms with Crippen molar-refractivity contribution in [2.75, 3.05) is 0 Å². The van der Waals surface area contributed by atoms with Gasteiger partial charge in [0.2, 0.25) is 0 Å². The molecule has 0 radical (unpaired) electrons. The van der Waals surface area contributed by atoms with Crippen LogP contribution in [-0.2, 0) is 6.42 Å². The highest BCUT2D eigenvalue weighted by Crippen LogP contribution is 2.32. The number of hydrogen-bond donors (Lipinski definition) is 1. The molecule has 0 heterocycles. The van der Waals surface area contributed by atoms with Gasteiger partial charge in [-0.15, -0.1) is 0 Å². The van der Waals surface area contributed by atoms with Gasteiger partial charge in [-0.3, -0.25) is 10.1 Å². The van der Waals surface area contributed by atoms with E-state index in [1.807, 2.05) is 13.0 Å². The summed E-state index contributed by atoms with van der Waals surface area (Å²) in [6, 6.07) is 5.25. The minimum atomic E-state index is -0.323. The summed E-state index contributed by atoms with van der Waals surface area (Å²) in [5.41, 5.74) is 8.14. The Morgan fingerprint density at radius 3 is 2.65 bits per heavy atom. The topological polar surface area (TPSA) is 69.2 Å². The fourth-order valence-electron chi connectivity index (χ4n) is 2.69. The Kier molecular flexibility index (Phi) is 3.15. The number of nitro benzene ring substituents is 1. The maximum absolute atomic E-state index is 10.9. The molecule has 1 aromatic carbocycles. The highest BCUT2D eigenvalue weighted by Gasteiger charge is 2.30. The largest absolute Gasteiger partial charge is 0.325 e. The minimum absolute atomic E-state index is 0.153. The van der Waals surface area contributed by atoms with E-state index in [1.54, 1.807) is 12.1 Å². The molecule has 1 aromatic rings. The molecule has 0 atom stereocenters. The van der Waals surface area contributed by atoms with Gasteiger partial charge in [0.25, 0.3) is 5.69 Å². The van der Waals surface area contributed by atoms with Crippen LogP contribution in [0.15, 0.2) is 18.2 Å². The smallest absolute Gasteiger partial charge is 0.272 e. The fourth-order valence-corrected chi connectivity index (χ4v) is 2.69. The molecule has 0 saturated heterocycles. The first kappa shape index (κ1) is 12.0. The second kappa shape index (κ2) is 4.45. The lowest BCUT2D eigenvalue weighted by molar-refractivity contribution is -0.385. The van der Waals surface area contributed by atoms with Crippen LogP contribution in [0.5, 0.6) is 0 Å². The summed E-state index contributed by atoms with van der Waals surface area (Å²) in [6.07, 6.45) is 5.14. The summed E-state index contributed by atoms with van der Waals surface area (Å²) < 4.78 is 0. The Morgan fingerprint density at radius 1 is 1.41 bits per heavy atom. The third-order valence-electron chi connectivity index (χ3n) is 3.76. The summed E-state index contributed by atoms with van der Waals surface area (Å²) in [4.78, 5) is 10.5. The van der Waals surface area contributed by atoms with Gasteiger partial charge >= 0.3 is 0 Å². The first-order chi connectivity index (χ1) is 8.02. The predicted molar refractivity (Wildman–Crippen MR) is 66.9 cm³/mol. The molecule has 4 nitrogen and oxygen atoms in total. The lowest BCUT2D eigenvalue weighted by Crippen LogP contribution is -2.38. The first-order valence-electron chi connectivity index (χ1n) is 6.04. The lowest BCUT2D eigenvalue weighted by atomic mass is 9.88. The Labute approximate surface area is 101 Å². The van der Waals surface area contributed by atoms with Gasteiger partial charge in [0.15, 0.2) is 0 Å². The number of nitrogens with zero attached hydrogens (tertiary/aromatic N) is 1. The number of nitrogens with two attached hydrogens (primary N) is 1. The van der Waals surface area contributed by atoms with E-state index in [2.05, 4.69) is 0 Å². The zero-order valence-electron chi connectivity index (χ0n) is 10.1. The highest BCUT2D eigenvalue weighted by atomic mass is 16.6. The molecule has 1 aliphatic rings. The van der Waals surface area contributed by atoms with Gasteiger partial charge in [0, 0.05) is 17.2 Å². The first-order valence-corrected chi connectivity index (χ1v) is 6.04. The number of hydrogen-bond acceptors (Lipinski definition) is 3. The van der Waals surface area contributed by atoms with Gasteiger partial charge in [0.1, 0.15) is 0 Å². The SMILES string of the molecule is Cc1c(CC2(N)CCCC2)cccc1[N+](=O)[O-]. The van der Waals surface area contributed by atoms with Crippen molar-refractivity contribution in [2.24, 2.45) is 5.73 Å². The molecule has 2 rings (SSSR count). The normalized spacial score (nSPS) is 18.2. The van der Waals surface area contributed by atoms with Crippen LogP contribution in [0.25, 0.3) is 0 Å². The van der Waals surface area contributed by atoms with Gasteiger partial charge in [0.05, 0.1) is 4.92 Å². The Bertz CT molecular complexity index is 437.